The zero-order chi connectivity index (χ0) is 17.4. The summed E-state index contributed by atoms with van der Waals surface area (Å²) in [5, 5.41) is 5.27. The number of hydrogen-bond donors (Lipinski definition) is 2. The van der Waals surface area contributed by atoms with Crippen molar-refractivity contribution in [2.75, 3.05) is 34.3 Å². The fraction of sp³-hybridized carbons (Fsp3) is 0.389. The fourth-order valence-corrected chi connectivity index (χ4v) is 3.27. The number of benzene rings is 1. The van der Waals surface area contributed by atoms with Crippen molar-refractivity contribution in [2.45, 2.75) is 12.5 Å². The summed E-state index contributed by atoms with van der Waals surface area (Å²) in [4.78, 5) is 7.96. The highest BCUT2D eigenvalue weighted by Crippen LogP contribution is 2.23. The van der Waals surface area contributed by atoms with E-state index in [4.69, 9.17) is 10.5 Å². The number of nitrogens with one attached hydrogen (secondary N) is 1. The molecule has 1 aromatic carbocycles. The number of hydrogen-bond acceptors (Lipinski definition) is 4. The first-order valence-electron chi connectivity index (χ1n) is 7.96. The molecule has 0 spiro atoms. The van der Waals surface area contributed by atoms with Crippen LogP contribution in [0, 0.1) is 0 Å². The van der Waals surface area contributed by atoms with E-state index in [1.165, 1.54) is 10.4 Å². The van der Waals surface area contributed by atoms with E-state index < -0.39 is 0 Å². The van der Waals surface area contributed by atoms with Gasteiger partial charge in [0.1, 0.15) is 5.75 Å². The van der Waals surface area contributed by atoms with Crippen LogP contribution in [0.1, 0.15) is 16.5 Å². The van der Waals surface area contributed by atoms with Crippen molar-refractivity contribution in [1.29, 1.82) is 0 Å². The SMILES string of the molecule is COc1ccc(CCNC(N)=NC[C@H](c2cccs2)N(C)C)cc1. The highest BCUT2D eigenvalue weighted by atomic mass is 32.1. The van der Waals surface area contributed by atoms with Gasteiger partial charge in [-0.15, -0.1) is 11.3 Å². The van der Waals surface area contributed by atoms with Crippen LogP contribution >= 0.6 is 11.3 Å². The van der Waals surface area contributed by atoms with Gasteiger partial charge in [-0.05, 0) is 49.7 Å². The van der Waals surface area contributed by atoms with Crippen LogP contribution in [0.15, 0.2) is 46.8 Å². The number of rotatable bonds is 8. The van der Waals surface area contributed by atoms with E-state index in [0.29, 0.717) is 12.5 Å². The summed E-state index contributed by atoms with van der Waals surface area (Å²) in [6, 6.07) is 12.5. The zero-order valence-electron chi connectivity index (χ0n) is 14.5. The van der Waals surface area contributed by atoms with Crippen molar-refractivity contribution in [2.24, 2.45) is 10.7 Å². The average molecular weight is 347 g/mol. The van der Waals surface area contributed by atoms with E-state index in [1.54, 1.807) is 18.4 Å². The molecule has 0 aliphatic heterocycles. The standard InChI is InChI=1S/C18H26N4OS/c1-22(2)16(17-5-4-12-24-17)13-21-18(19)20-11-10-14-6-8-15(23-3)9-7-14/h4-9,12,16H,10-11,13H2,1-3H3,(H3,19,20,21)/t16-/m1/s1. The van der Waals surface area contributed by atoms with Gasteiger partial charge in [0.15, 0.2) is 5.96 Å². The highest BCUT2D eigenvalue weighted by molar-refractivity contribution is 7.10. The van der Waals surface area contributed by atoms with Gasteiger partial charge in [0.2, 0.25) is 0 Å². The van der Waals surface area contributed by atoms with E-state index >= 15 is 0 Å². The number of methoxy groups -OCH3 is 1. The predicted octanol–water partition coefficient (Wildman–Crippen LogP) is 2.51. The number of likely N-dealkylation sites (N-methyl/N-ethyl adjacent to an activating group) is 1. The Morgan fingerprint density at radius 3 is 2.62 bits per heavy atom. The minimum absolute atomic E-state index is 0.256. The van der Waals surface area contributed by atoms with E-state index in [0.717, 1.165) is 18.7 Å². The third-order valence-electron chi connectivity index (χ3n) is 3.81. The Morgan fingerprint density at radius 1 is 1.29 bits per heavy atom. The lowest BCUT2D eigenvalue weighted by Gasteiger charge is -2.21. The summed E-state index contributed by atoms with van der Waals surface area (Å²) >= 11 is 1.75. The molecule has 0 bridgehead atoms. The van der Waals surface area contributed by atoms with Gasteiger partial charge in [-0.25, -0.2) is 0 Å². The molecule has 2 rings (SSSR count). The van der Waals surface area contributed by atoms with Crippen LogP contribution in [0.3, 0.4) is 0 Å². The molecular formula is C18H26N4OS. The monoisotopic (exact) mass is 346 g/mol. The Kier molecular flexibility index (Phi) is 7.08. The van der Waals surface area contributed by atoms with Gasteiger partial charge >= 0.3 is 0 Å². The molecule has 1 atom stereocenters. The largest absolute Gasteiger partial charge is 0.497 e. The Morgan fingerprint density at radius 2 is 2.04 bits per heavy atom. The topological polar surface area (TPSA) is 62.9 Å². The van der Waals surface area contributed by atoms with Crippen LogP contribution in [-0.2, 0) is 6.42 Å². The molecule has 0 aliphatic carbocycles. The van der Waals surface area contributed by atoms with E-state index in [9.17, 15) is 0 Å². The Labute approximate surface area is 148 Å². The van der Waals surface area contributed by atoms with Gasteiger partial charge in [0.05, 0.1) is 19.7 Å². The predicted molar refractivity (Wildman–Crippen MR) is 102 cm³/mol. The number of thiophene rings is 1. The Hall–Kier alpha value is -2.05. The molecular weight excluding hydrogens is 320 g/mol. The zero-order valence-corrected chi connectivity index (χ0v) is 15.3. The second-order valence-corrected chi connectivity index (χ2v) is 6.72. The molecule has 0 radical (unpaired) electrons. The maximum atomic E-state index is 5.99. The van der Waals surface area contributed by atoms with Crippen LogP contribution in [0.25, 0.3) is 0 Å². The first-order valence-corrected chi connectivity index (χ1v) is 8.84. The third kappa shape index (κ3) is 5.54. The number of guanidine groups is 1. The lowest BCUT2D eigenvalue weighted by molar-refractivity contribution is 0.310. The van der Waals surface area contributed by atoms with Crippen molar-refractivity contribution in [3.8, 4) is 5.75 Å². The number of ether oxygens (including phenoxy) is 1. The number of aliphatic imine (C=N–C) groups is 1. The summed E-state index contributed by atoms with van der Waals surface area (Å²) in [6.07, 6.45) is 0.891. The minimum Gasteiger partial charge on any atom is -0.497 e. The van der Waals surface area contributed by atoms with Crippen molar-refractivity contribution in [3.05, 3.63) is 52.2 Å². The van der Waals surface area contributed by atoms with Gasteiger partial charge in [-0.3, -0.25) is 4.99 Å². The lowest BCUT2D eigenvalue weighted by atomic mass is 10.1. The summed E-state index contributed by atoms with van der Waals surface area (Å²) in [7, 11) is 5.80. The molecule has 0 aliphatic rings. The molecule has 24 heavy (non-hydrogen) atoms. The second-order valence-electron chi connectivity index (χ2n) is 5.75. The third-order valence-corrected chi connectivity index (χ3v) is 4.78. The first kappa shape index (κ1) is 18.3. The van der Waals surface area contributed by atoms with Crippen LogP contribution in [0.4, 0.5) is 0 Å². The molecule has 5 nitrogen and oxygen atoms in total. The smallest absolute Gasteiger partial charge is 0.188 e. The van der Waals surface area contributed by atoms with Gasteiger partial charge in [0.25, 0.3) is 0 Å². The molecule has 0 saturated heterocycles. The molecule has 2 aromatic rings. The fourth-order valence-electron chi connectivity index (χ4n) is 2.36. The van der Waals surface area contributed by atoms with E-state index in [-0.39, 0.29) is 6.04 Å². The van der Waals surface area contributed by atoms with Crippen LogP contribution in [-0.4, -0.2) is 45.2 Å². The maximum Gasteiger partial charge on any atom is 0.188 e. The maximum absolute atomic E-state index is 5.99. The summed E-state index contributed by atoms with van der Waals surface area (Å²) in [5.41, 5.74) is 7.23. The Balaban J connectivity index is 1.80. The van der Waals surface area contributed by atoms with Gasteiger partial charge in [-0.1, -0.05) is 18.2 Å². The normalized spacial score (nSPS) is 13.1. The molecule has 0 saturated carbocycles. The Bertz CT molecular complexity index is 623. The average Bonchev–Trinajstić information content (AvgIpc) is 3.09. The summed E-state index contributed by atoms with van der Waals surface area (Å²) in [6.45, 7) is 1.40. The summed E-state index contributed by atoms with van der Waals surface area (Å²) < 4.78 is 5.16. The number of nitrogens with zero attached hydrogens (tertiary/aromatic N) is 2. The van der Waals surface area contributed by atoms with Gasteiger partial charge in [0, 0.05) is 11.4 Å². The van der Waals surface area contributed by atoms with E-state index in [1.807, 2.05) is 12.1 Å². The molecule has 0 amide bonds. The van der Waals surface area contributed by atoms with Gasteiger partial charge in [-0.2, -0.15) is 0 Å². The van der Waals surface area contributed by atoms with Crippen molar-refractivity contribution in [3.63, 3.8) is 0 Å². The number of nitrogens with two attached hydrogens (primary N) is 1. The molecule has 3 N–H and O–H groups in total. The molecule has 0 unspecified atom stereocenters. The minimum atomic E-state index is 0.256. The molecule has 6 heteroatoms. The summed E-state index contributed by atoms with van der Waals surface area (Å²) in [5.74, 6) is 1.36. The highest BCUT2D eigenvalue weighted by Gasteiger charge is 2.14. The van der Waals surface area contributed by atoms with Crippen molar-refractivity contribution in [1.82, 2.24) is 10.2 Å². The quantitative estimate of drug-likeness (QED) is 0.569. The van der Waals surface area contributed by atoms with Crippen molar-refractivity contribution >= 4 is 17.3 Å². The second kappa shape index (κ2) is 9.30. The van der Waals surface area contributed by atoms with Crippen LogP contribution in [0.5, 0.6) is 5.75 Å². The lowest BCUT2D eigenvalue weighted by Crippen LogP contribution is -2.34. The first-order chi connectivity index (χ1) is 11.6. The van der Waals surface area contributed by atoms with E-state index in [2.05, 4.69) is 58.9 Å². The van der Waals surface area contributed by atoms with Crippen LogP contribution in [0.2, 0.25) is 0 Å². The molecule has 1 heterocycles. The molecule has 130 valence electrons. The molecule has 1 aromatic heterocycles. The van der Waals surface area contributed by atoms with Crippen LogP contribution < -0.4 is 15.8 Å². The van der Waals surface area contributed by atoms with Gasteiger partial charge < -0.3 is 20.7 Å². The molecule has 0 fully saturated rings. The van der Waals surface area contributed by atoms with Crippen molar-refractivity contribution < 1.29 is 4.74 Å².